The number of aromatic nitrogens is 2. The van der Waals surface area contributed by atoms with Crippen molar-refractivity contribution in [3.8, 4) is 0 Å². The number of carbonyl (C=O) groups excluding carboxylic acids is 2. The zero-order chi connectivity index (χ0) is 19.9. The van der Waals surface area contributed by atoms with Crippen LogP contribution in [-0.2, 0) is 11.3 Å². The Morgan fingerprint density at radius 3 is 2.39 bits per heavy atom. The maximum absolute atomic E-state index is 12.5. The minimum absolute atomic E-state index is 0.250. The Hall–Kier alpha value is -3.74. The van der Waals surface area contributed by atoms with Crippen LogP contribution in [0.1, 0.15) is 32.1 Å². The summed E-state index contributed by atoms with van der Waals surface area (Å²) in [7, 11) is 1.32. The van der Waals surface area contributed by atoms with Gasteiger partial charge in [0.15, 0.2) is 0 Å². The smallest absolute Gasteiger partial charge is 0.337 e. The number of methoxy groups -OCH3 is 1. The third-order valence-corrected chi connectivity index (χ3v) is 3.94. The van der Waals surface area contributed by atoms with Crippen LogP contribution < -0.4 is 10.6 Å². The minimum Gasteiger partial charge on any atom is -0.465 e. The second-order valence-electron chi connectivity index (χ2n) is 6.08. The summed E-state index contributed by atoms with van der Waals surface area (Å²) in [5.41, 5.74) is 2.97. The molecule has 3 rings (SSSR count). The van der Waals surface area contributed by atoms with E-state index in [9.17, 15) is 9.59 Å². The minimum atomic E-state index is -0.432. The Kier molecular flexibility index (Phi) is 5.96. The molecule has 0 spiro atoms. The summed E-state index contributed by atoms with van der Waals surface area (Å²) in [5, 5.41) is 5.90. The van der Waals surface area contributed by atoms with Crippen molar-refractivity contribution < 1.29 is 14.3 Å². The van der Waals surface area contributed by atoms with E-state index >= 15 is 0 Å². The number of nitrogens with one attached hydrogen (secondary N) is 2. The fraction of sp³-hybridized carbons (Fsp3) is 0.143. The summed E-state index contributed by atoms with van der Waals surface area (Å²) in [6.45, 7) is 2.36. The molecule has 7 heteroatoms. The lowest BCUT2D eigenvalue weighted by atomic mass is 10.2. The van der Waals surface area contributed by atoms with Crippen LogP contribution in [0.5, 0.6) is 0 Å². The first kappa shape index (κ1) is 19.0. The number of hydrogen-bond donors (Lipinski definition) is 2. The molecular formula is C21H20N4O3. The van der Waals surface area contributed by atoms with E-state index in [1.807, 2.05) is 30.3 Å². The quantitative estimate of drug-likeness (QED) is 0.640. The fourth-order valence-corrected chi connectivity index (χ4v) is 2.54. The van der Waals surface area contributed by atoms with Crippen LogP contribution in [0.2, 0.25) is 0 Å². The standard InChI is InChI=1S/C21H20N4O3/c1-14-12-18(25-21(23-14)22-13-15-6-4-3-5-7-15)19(26)24-17-10-8-16(9-11-17)20(27)28-2/h3-12H,13H2,1-2H3,(H,24,26)(H,22,23,25). The van der Waals surface area contributed by atoms with E-state index in [1.165, 1.54) is 7.11 Å². The van der Waals surface area contributed by atoms with Gasteiger partial charge in [-0.2, -0.15) is 0 Å². The lowest BCUT2D eigenvalue weighted by Crippen LogP contribution is -2.16. The Labute approximate surface area is 162 Å². The van der Waals surface area contributed by atoms with Gasteiger partial charge in [-0.1, -0.05) is 30.3 Å². The molecule has 0 atom stereocenters. The first-order chi connectivity index (χ1) is 13.5. The van der Waals surface area contributed by atoms with E-state index in [4.69, 9.17) is 0 Å². The normalized spacial score (nSPS) is 10.2. The van der Waals surface area contributed by atoms with Gasteiger partial charge in [0.25, 0.3) is 5.91 Å². The number of benzene rings is 2. The molecule has 2 aromatic carbocycles. The summed E-state index contributed by atoms with van der Waals surface area (Å²) < 4.78 is 4.66. The fourth-order valence-electron chi connectivity index (χ4n) is 2.54. The monoisotopic (exact) mass is 376 g/mol. The van der Waals surface area contributed by atoms with Crippen LogP contribution in [0.3, 0.4) is 0 Å². The van der Waals surface area contributed by atoms with Gasteiger partial charge in [0.2, 0.25) is 5.95 Å². The van der Waals surface area contributed by atoms with Crippen molar-refractivity contribution in [3.63, 3.8) is 0 Å². The number of rotatable bonds is 6. The molecule has 0 radical (unpaired) electrons. The maximum Gasteiger partial charge on any atom is 0.337 e. The number of anilines is 2. The van der Waals surface area contributed by atoms with Gasteiger partial charge in [0.1, 0.15) is 5.69 Å². The van der Waals surface area contributed by atoms with Gasteiger partial charge in [0, 0.05) is 17.9 Å². The third kappa shape index (κ3) is 4.91. The average molecular weight is 376 g/mol. The van der Waals surface area contributed by atoms with E-state index in [1.54, 1.807) is 37.3 Å². The van der Waals surface area contributed by atoms with Gasteiger partial charge in [0.05, 0.1) is 12.7 Å². The highest BCUT2D eigenvalue weighted by atomic mass is 16.5. The SMILES string of the molecule is COC(=O)c1ccc(NC(=O)c2cc(C)nc(NCc3ccccc3)n2)cc1. The number of nitrogens with zero attached hydrogens (tertiary/aromatic N) is 2. The van der Waals surface area contributed by atoms with Crippen LogP contribution in [0.15, 0.2) is 60.7 Å². The van der Waals surface area contributed by atoms with Gasteiger partial charge in [-0.3, -0.25) is 4.79 Å². The molecule has 0 aliphatic carbocycles. The predicted octanol–water partition coefficient (Wildman–Crippen LogP) is 3.44. The average Bonchev–Trinajstić information content (AvgIpc) is 2.72. The van der Waals surface area contributed by atoms with Gasteiger partial charge >= 0.3 is 5.97 Å². The van der Waals surface area contributed by atoms with Crippen LogP contribution in [-0.4, -0.2) is 29.0 Å². The maximum atomic E-state index is 12.5. The number of hydrogen-bond acceptors (Lipinski definition) is 6. The number of carbonyl (C=O) groups is 2. The molecule has 0 unspecified atom stereocenters. The van der Waals surface area contributed by atoms with Crippen LogP contribution >= 0.6 is 0 Å². The van der Waals surface area contributed by atoms with E-state index in [2.05, 4.69) is 25.3 Å². The van der Waals surface area contributed by atoms with Crippen LogP contribution in [0, 0.1) is 6.92 Å². The zero-order valence-corrected chi connectivity index (χ0v) is 15.6. The van der Waals surface area contributed by atoms with Gasteiger partial charge in [-0.05, 0) is 42.8 Å². The molecule has 0 aliphatic heterocycles. The summed E-state index contributed by atoms with van der Waals surface area (Å²) in [6, 6.07) is 17.9. The van der Waals surface area contributed by atoms with Crippen molar-refractivity contribution in [3.05, 3.63) is 83.2 Å². The van der Waals surface area contributed by atoms with Crippen molar-refractivity contribution in [1.29, 1.82) is 0 Å². The van der Waals surface area contributed by atoms with Crippen LogP contribution in [0.25, 0.3) is 0 Å². The number of amides is 1. The molecule has 0 saturated heterocycles. The molecule has 0 aliphatic rings. The molecule has 28 heavy (non-hydrogen) atoms. The van der Waals surface area contributed by atoms with Crippen molar-refractivity contribution in [2.75, 3.05) is 17.7 Å². The van der Waals surface area contributed by atoms with E-state index in [0.717, 1.165) is 5.56 Å². The number of aryl methyl sites for hydroxylation is 1. The van der Waals surface area contributed by atoms with E-state index < -0.39 is 5.97 Å². The molecule has 2 N–H and O–H groups in total. The third-order valence-electron chi connectivity index (χ3n) is 3.94. The highest BCUT2D eigenvalue weighted by Gasteiger charge is 2.12. The van der Waals surface area contributed by atoms with Crippen molar-refractivity contribution >= 4 is 23.5 Å². The summed E-state index contributed by atoms with van der Waals surface area (Å²) in [6.07, 6.45) is 0. The van der Waals surface area contributed by atoms with Crippen molar-refractivity contribution in [2.45, 2.75) is 13.5 Å². The summed E-state index contributed by atoms with van der Waals surface area (Å²) in [4.78, 5) is 32.6. The Bertz CT molecular complexity index is 973. The summed E-state index contributed by atoms with van der Waals surface area (Å²) >= 11 is 0. The largest absolute Gasteiger partial charge is 0.465 e. The molecular weight excluding hydrogens is 356 g/mol. The molecule has 0 fully saturated rings. The number of esters is 1. The molecule has 7 nitrogen and oxygen atoms in total. The molecule has 1 amide bonds. The van der Waals surface area contributed by atoms with Crippen molar-refractivity contribution in [2.24, 2.45) is 0 Å². The Morgan fingerprint density at radius 2 is 1.71 bits per heavy atom. The Balaban J connectivity index is 1.69. The highest BCUT2D eigenvalue weighted by Crippen LogP contribution is 2.13. The van der Waals surface area contributed by atoms with Crippen LogP contribution in [0.4, 0.5) is 11.6 Å². The molecule has 1 aromatic heterocycles. The van der Waals surface area contributed by atoms with Gasteiger partial charge in [-0.25, -0.2) is 14.8 Å². The molecule has 0 bridgehead atoms. The lowest BCUT2D eigenvalue weighted by Gasteiger charge is -2.09. The first-order valence-electron chi connectivity index (χ1n) is 8.68. The zero-order valence-electron chi connectivity index (χ0n) is 15.6. The first-order valence-corrected chi connectivity index (χ1v) is 8.68. The topological polar surface area (TPSA) is 93.2 Å². The highest BCUT2D eigenvalue weighted by molar-refractivity contribution is 6.03. The van der Waals surface area contributed by atoms with Crippen molar-refractivity contribution in [1.82, 2.24) is 9.97 Å². The number of ether oxygens (including phenoxy) is 1. The molecule has 0 saturated carbocycles. The lowest BCUT2D eigenvalue weighted by molar-refractivity contribution is 0.0600. The Morgan fingerprint density at radius 1 is 1.00 bits per heavy atom. The van der Waals surface area contributed by atoms with E-state index in [0.29, 0.717) is 29.4 Å². The molecule has 3 aromatic rings. The summed E-state index contributed by atoms with van der Waals surface area (Å²) in [5.74, 6) is -0.410. The second-order valence-corrected chi connectivity index (χ2v) is 6.08. The molecule has 1 heterocycles. The second kappa shape index (κ2) is 8.77. The van der Waals surface area contributed by atoms with Gasteiger partial charge in [-0.15, -0.1) is 0 Å². The predicted molar refractivity (Wildman–Crippen MR) is 106 cm³/mol. The molecule has 142 valence electrons. The van der Waals surface area contributed by atoms with E-state index in [-0.39, 0.29) is 11.6 Å². The van der Waals surface area contributed by atoms with Gasteiger partial charge < -0.3 is 15.4 Å².